The largest absolute Gasteiger partial charge is 0.300 e. The Labute approximate surface area is 156 Å². The third-order valence-corrected chi connectivity index (χ3v) is 5.24. The first kappa shape index (κ1) is 18.6. The molecule has 2 heterocycles. The Kier molecular flexibility index (Phi) is 5.46. The van der Waals surface area contributed by atoms with Crippen molar-refractivity contribution in [2.75, 3.05) is 0 Å². The molecule has 1 aliphatic carbocycles. The number of pyridine rings is 1. The van der Waals surface area contributed by atoms with Crippen molar-refractivity contribution in [3.8, 4) is 6.07 Å². The molecule has 0 radical (unpaired) electrons. The minimum Gasteiger partial charge on any atom is -0.300 e. The van der Waals surface area contributed by atoms with Crippen LogP contribution in [0.4, 0.5) is 0 Å². The molecule has 138 valence electrons. The van der Waals surface area contributed by atoms with Crippen LogP contribution in [-0.2, 0) is 11.2 Å². The third kappa shape index (κ3) is 4.33. The van der Waals surface area contributed by atoms with Gasteiger partial charge in [-0.3, -0.25) is 4.79 Å². The van der Waals surface area contributed by atoms with Crippen LogP contribution in [0.5, 0.6) is 0 Å². The van der Waals surface area contributed by atoms with E-state index in [1.807, 2.05) is 22.8 Å². The number of ketones is 1. The minimum atomic E-state index is 0.0779. The van der Waals surface area contributed by atoms with Gasteiger partial charge in [-0.05, 0) is 55.6 Å². The summed E-state index contributed by atoms with van der Waals surface area (Å²) in [6.07, 6.45) is 9.77. The highest BCUT2D eigenvalue weighted by Gasteiger charge is 2.26. The smallest absolute Gasteiger partial charge is 0.133 e. The van der Waals surface area contributed by atoms with Gasteiger partial charge >= 0.3 is 0 Å². The van der Waals surface area contributed by atoms with Gasteiger partial charge in [0.15, 0.2) is 0 Å². The van der Waals surface area contributed by atoms with Gasteiger partial charge in [0.1, 0.15) is 5.78 Å². The Bertz CT molecular complexity index is 831. The summed E-state index contributed by atoms with van der Waals surface area (Å²) in [6, 6.07) is 6.02. The maximum Gasteiger partial charge on any atom is 0.133 e. The molecule has 2 aromatic rings. The minimum absolute atomic E-state index is 0.0779. The molecule has 1 fully saturated rings. The molecule has 0 N–H and O–H groups in total. The van der Waals surface area contributed by atoms with Gasteiger partial charge in [0, 0.05) is 24.6 Å². The van der Waals surface area contributed by atoms with Crippen LogP contribution in [0.2, 0.25) is 0 Å². The highest BCUT2D eigenvalue weighted by atomic mass is 16.1. The van der Waals surface area contributed by atoms with Crippen LogP contribution in [-0.4, -0.2) is 15.4 Å². The van der Waals surface area contributed by atoms with E-state index in [0.29, 0.717) is 30.1 Å². The molecule has 0 aromatic carbocycles. The molecule has 2 aromatic heterocycles. The van der Waals surface area contributed by atoms with E-state index in [1.54, 1.807) is 0 Å². The monoisotopic (exact) mass is 351 g/mol. The number of aromatic nitrogens is 2. The first-order chi connectivity index (χ1) is 12.4. The number of hydrogen-bond acceptors (Lipinski definition) is 3. The molecule has 4 heteroatoms. The predicted molar refractivity (Wildman–Crippen MR) is 103 cm³/mol. The summed E-state index contributed by atoms with van der Waals surface area (Å²) in [7, 11) is 0. The van der Waals surface area contributed by atoms with Gasteiger partial charge in [-0.25, -0.2) is 4.52 Å². The number of aryl methyl sites for hydroxylation is 1. The maximum atomic E-state index is 12.1. The van der Waals surface area contributed by atoms with Gasteiger partial charge in [0.25, 0.3) is 0 Å². The van der Waals surface area contributed by atoms with Gasteiger partial charge in [-0.1, -0.05) is 27.2 Å². The van der Waals surface area contributed by atoms with Crippen LogP contribution in [0.3, 0.4) is 0 Å². The maximum absolute atomic E-state index is 12.1. The first-order valence-electron chi connectivity index (χ1n) is 9.80. The SMILES string of the molecule is CC(C)(C)CC(=O)CCCCc1nn2ccc(C#N)cc2c1C1CCC1. The fraction of sp³-hybridized carbons (Fsp3) is 0.591. The zero-order chi connectivity index (χ0) is 18.7. The summed E-state index contributed by atoms with van der Waals surface area (Å²) in [5.41, 5.74) is 4.36. The summed E-state index contributed by atoms with van der Waals surface area (Å²) in [5.74, 6) is 0.948. The number of hydrogen-bond donors (Lipinski definition) is 0. The van der Waals surface area contributed by atoms with Crippen molar-refractivity contribution in [1.82, 2.24) is 9.61 Å². The van der Waals surface area contributed by atoms with Crippen LogP contribution in [0.1, 0.15) is 88.5 Å². The van der Waals surface area contributed by atoms with Gasteiger partial charge in [-0.2, -0.15) is 10.4 Å². The van der Waals surface area contributed by atoms with Crippen LogP contribution in [0.15, 0.2) is 18.3 Å². The van der Waals surface area contributed by atoms with Crippen molar-refractivity contribution < 1.29 is 4.79 Å². The summed E-state index contributed by atoms with van der Waals surface area (Å²) < 4.78 is 1.93. The van der Waals surface area contributed by atoms with Gasteiger partial charge in [-0.15, -0.1) is 0 Å². The number of fused-ring (bicyclic) bond motifs is 1. The molecular weight excluding hydrogens is 322 g/mol. The summed E-state index contributed by atoms with van der Waals surface area (Å²) in [5, 5.41) is 14.0. The Morgan fingerprint density at radius 3 is 2.73 bits per heavy atom. The molecule has 4 nitrogen and oxygen atoms in total. The van der Waals surface area contributed by atoms with Gasteiger partial charge < -0.3 is 0 Å². The lowest BCUT2D eigenvalue weighted by Gasteiger charge is -2.26. The molecule has 0 amide bonds. The lowest BCUT2D eigenvalue weighted by molar-refractivity contribution is -0.120. The molecule has 0 spiro atoms. The molecule has 0 saturated heterocycles. The van der Waals surface area contributed by atoms with Crippen molar-refractivity contribution >= 4 is 11.3 Å². The molecule has 3 rings (SSSR count). The zero-order valence-corrected chi connectivity index (χ0v) is 16.2. The Morgan fingerprint density at radius 1 is 1.35 bits per heavy atom. The predicted octanol–water partition coefficient (Wildman–Crippen LogP) is 5.19. The van der Waals surface area contributed by atoms with E-state index in [9.17, 15) is 10.1 Å². The topological polar surface area (TPSA) is 58.2 Å². The van der Waals surface area contributed by atoms with Gasteiger partial charge in [0.2, 0.25) is 0 Å². The number of carbonyl (C=O) groups excluding carboxylic acids is 1. The normalized spacial score (nSPS) is 15.0. The molecule has 0 aliphatic heterocycles. The molecule has 0 atom stereocenters. The van der Waals surface area contributed by atoms with E-state index in [-0.39, 0.29) is 5.41 Å². The number of Topliss-reactive ketones (excluding diaryl/α,β-unsaturated/α-hetero) is 1. The lowest BCUT2D eigenvalue weighted by atomic mass is 9.78. The zero-order valence-electron chi connectivity index (χ0n) is 16.2. The van der Waals surface area contributed by atoms with Crippen molar-refractivity contribution in [3.63, 3.8) is 0 Å². The average Bonchev–Trinajstić information content (AvgIpc) is 2.86. The van der Waals surface area contributed by atoms with Crippen molar-refractivity contribution in [2.24, 2.45) is 5.41 Å². The van der Waals surface area contributed by atoms with Crippen LogP contribution in [0, 0.1) is 16.7 Å². The molecule has 0 unspecified atom stereocenters. The van der Waals surface area contributed by atoms with E-state index in [4.69, 9.17) is 5.10 Å². The van der Waals surface area contributed by atoms with E-state index in [0.717, 1.165) is 30.5 Å². The Balaban J connectivity index is 1.68. The first-order valence-corrected chi connectivity index (χ1v) is 9.80. The fourth-order valence-corrected chi connectivity index (χ4v) is 3.80. The molecule has 0 bridgehead atoms. The second-order valence-electron chi connectivity index (χ2n) is 8.83. The highest BCUT2D eigenvalue weighted by molar-refractivity contribution is 5.78. The summed E-state index contributed by atoms with van der Waals surface area (Å²) in [6.45, 7) is 6.34. The number of carbonyl (C=O) groups is 1. The van der Waals surface area contributed by atoms with E-state index in [2.05, 4.69) is 26.8 Å². The van der Waals surface area contributed by atoms with E-state index < -0.39 is 0 Å². The van der Waals surface area contributed by atoms with E-state index >= 15 is 0 Å². The molecule has 1 saturated carbocycles. The quantitative estimate of drug-likeness (QED) is 0.645. The highest BCUT2D eigenvalue weighted by Crippen LogP contribution is 2.40. The van der Waals surface area contributed by atoms with Crippen molar-refractivity contribution in [3.05, 3.63) is 35.2 Å². The Hall–Kier alpha value is -2.15. The second-order valence-corrected chi connectivity index (χ2v) is 8.83. The molecule has 1 aliphatic rings. The average molecular weight is 351 g/mol. The van der Waals surface area contributed by atoms with Crippen LogP contribution >= 0.6 is 0 Å². The van der Waals surface area contributed by atoms with Crippen molar-refractivity contribution in [1.29, 1.82) is 5.26 Å². The molecule has 26 heavy (non-hydrogen) atoms. The summed E-state index contributed by atoms with van der Waals surface area (Å²) >= 11 is 0. The molecular formula is C22H29N3O. The van der Waals surface area contributed by atoms with Crippen LogP contribution in [0.25, 0.3) is 5.52 Å². The van der Waals surface area contributed by atoms with Crippen molar-refractivity contribution in [2.45, 2.75) is 78.1 Å². The number of nitrogens with zero attached hydrogens (tertiary/aromatic N) is 3. The Morgan fingerprint density at radius 2 is 2.12 bits per heavy atom. The van der Waals surface area contributed by atoms with Crippen LogP contribution < -0.4 is 0 Å². The fourth-order valence-electron chi connectivity index (χ4n) is 3.80. The number of nitriles is 1. The lowest BCUT2D eigenvalue weighted by Crippen LogP contribution is -2.13. The second kappa shape index (κ2) is 7.61. The standard InChI is InChI=1S/C22H29N3O/c1-22(2,3)14-18(26)9-4-5-10-19-21(17-7-6-8-17)20-13-16(15-23)11-12-25(20)24-19/h11-13,17H,4-10,14H2,1-3H3. The third-order valence-electron chi connectivity index (χ3n) is 5.24. The summed E-state index contributed by atoms with van der Waals surface area (Å²) in [4.78, 5) is 12.1. The van der Waals surface area contributed by atoms with E-state index in [1.165, 1.54) is 24.8 Å². The van der Waals surface area contributed by atoms with Gasteiger partial charge in [0.05, 0.1) is 22.8 Å². The number of unbranched alkanes of at least 4 members (excludes halogenated alkanes) is 1. The number of rotatable bonds is 7.